The number of hydrogen-bond donors (Lipinski definition) is 1. The van der Waals surface area contributed by atoms with Crippen LogP contribution in [-0.2, 0) is 4.74 Å². The molecule has 0 aliphatic rings. The molecule has 1 aromatic rings. The molecule has 0 radical (unpaired) electrons. The first-order chi connectivity index (χ1) is 8.19. The van der Waals surface area contributed by atoms with Gasteiger partial charge in [-0.3, -0.25) is 0 Å². The first-order valence-corrected chi connectivity index (χ1v) is 6.29. The lowest BCUT2D eigenvalue weighted by atomic mass is 10.1. The van der Waals surface area contributed by atoms with Crippen LogP contribution < -0.4 is 5.32 Å². The van der Waals surface area contributed by atoms with E-state index < -0.39 is 0 Å². The molecule has 0 aromatic heterocycles. The normalized spacial score (nSPS) is 14.6. The van der Waals surface area contributed by atoms with Crippen LogP contribution in [-0.4, -0.2) is 19.2 Å². The van der Waals surface area contributed by atoms with E-state index in [1.54, 1.807) is 12.1 Å². The minimum atomic E-state index is -0.217. The SMILES string of the molecule is CCNCC(OC(C)CC)c1ccccc1F. The smallest absolute Gasteiger partial charge is 0.129 e. The van der Waals surface area contributed by atoms with Crippen molar-refractivity contribution in [1.29, 1.82) is 0 Å². The van der Waals surface area contributed by atoms with E-state index in [-0.39, 0.29) is 18.0 Å². The fraction of sp³-hybridized carbons (Fsp3) is 0.571. The number of halogens is 1. The van der Waals surface area contributed by atoms with Crippen molar-refractivity contribution in [3.8, 4) is 0 Å². The molecule has 0 saturated carbocycles. The van der Waals surface area contributed by atoms with Crippen LogP contribution in [0.15, 0.2) is 24.3 Å². The highest BCUT2D eigenvalue weighted by atomic mass is 19.1. The molecular weight excluding hydrogens is 217 g/mol. The zero-order valence-corrected chi connectivity index (χ0v) is 10.9. The second kappa shape index (κ2) is 7.41. The second-order valence-corrected chi connectivity index (χ2v) is 4.17. The lowest BCUT2D eigenvalue weighted by Crippen LogP contribution is -2.26. The molecule has 2 nitrogen and oxygen atoms in total. The lowest BCUT2D eigenvalue weighted by Gasteiger charge is -2.23. The Labute approximate surface area is 103 Å². The van der Waals surface area contributed by atoms with Crippen LogP contribution in [0, 0.1) is 5.82 Å². The van der Waals surface area contributed by atoms with Gasteiger partial charge in [-0.1, -0.05) is 32.0 Å². The first-order valence-electron chi connectivity index (χ1n) is 6.29. The number of nitrogens with one attached hydrogen (secondary N) is 1. The van der Waals surface area contributed by atoms with Gasteiger partial charge in [0.25, 0.3) is 0 Å². The Balaban J connectivity index is 2.78. The van der Waals surface area contributed by atoms with E-state index in [2.05, 4.69) is 12.2 Å². The third kappa shape index (κ3) is 4.44. The average Bonchev–Trinajstić information content (AvgIpc) is 2.35. The monoisotopic (exact) mass is 239 g/mol. The molecule has 0 spiro atoms. The van der Waals surface area contributed by atoms with Crippen LogP contribution in [0.2, 0.25) is 0 Å². The number of rotatable bonds is 7. The summed E-state index contributed by atoms with van der Waals surface area (Å²) in [6, 6.07) is 6.82. The number of hydrogen-bond acceptors (Lipinski definition) is 2. The van der Waals surface area contributed by atoms with Crippen LogP contribution in [0.5, 0.6) is 0 Å². The summed E-state index contributed by atoms with van der Waals surface area (Å²) in [5, 5.41) is 3.21. The molecule has 0 aliphatic heterocycles. The van der Waals surface area contributed by atoms with Gasteiger partial charge in [0, 0.05) is 12.1 Å². The van der Waals surface area contributed by atoms with Gasteiger partial charge in [-0.05, 0) is 26.0 Å². The van der Waals surface area contributed by atoms with Crippen molar-refractivity contribution in [2.75, 3.05) is 13.1 Å². The summed E-state index contributed by atoms with van der Waals surface area (Å²) in [5.41, 5.74) is 0.633. The Hall–Kier alpha value is -0.930. The fourth-order valence-electron chi connectivity index (χ4n) is 1.62. The van der Waals surface area contributed by atoms with Gasteiger partial charge in [-0.15, -0.1) is 0 Å². The van der Waals surface area contributed by atoms with Gasteiger partial charge in [-0.2, -0.15) is 0 Å². The molecule has 2 atom stereocenters. The van der Waals surface area contributed by atoms with E-state index in [0.29, 0.717) is 12.1 Å². The van der Waals surface area contributed by atoms with Crippen molar-refractivity contribution < 1.29 is 9.13 Å². The first kappa shape index (κ1) is 14.1. The van der Waals surface area contributed by atoms with E-state index in [0.717, 1.165) is 13.0 Å². The number of benzene rings is 1. The quantitative estimate of drug-likeness (QED) is 0.788. The Kier molecular flexibility index (Phi) is 6.16. The Morgan fingerprint density at radius 1 is 1.29 bits per heavy atom. The molecule has 1 rings (SSSR count). The Bertz CT molecular complexity index is 330. The molecule has 0 heterocycles. The minimum Gasteiger partial charge on any atom is -0.369 e. The molecule has 0 fully saturated rings. The maximum atomic E-state index is 13.7. The van der Waals surface area contributed by atoms with Gasteiger partial charge in [-0.25, -0.2) is 4.39 Å². The van der Waals surface area contributed by atoms with Crippen molar-refractivity contribution >= 4 is 0 Å². The molecule has 0 amide bonds. The number of ether oxygens (including phenoxy) is 1. The molecule has 2 unspecified atom stereocenters. The highest BCUT2D eigenvalue weighted by Gasteiger charge is 2.17. The predicted molar refractivity (Wildman–Crippen MR) is 68.5 cm³/mol. The zero-order valence-electron chi connectivity index (χ0n) is 10.9. The zero-order chi connectivity index (χ0) is 12.7. The summed E-state index contributed by atoms with van der Waals surface area (Å²) in [5.74, 6) is -0.196. The third-order valence-electron chi connectivity index (χ3n) is 2.80. The van der Waals surface area contributed by atoms with E-state index in [1.165, 1.54) is 6.07 Å². The largest absolute Gasteiger partial charge is 0.369 e. The molecule has 0 aliphatic carbocycles. The van der Waals surface area contributed by atoms with Gasteiger partial charge in [0.2, 0.25) is 0 Å². The van der Waals surface area contributed by atoms with Crippen LogP contribution in [0.1, 0.15) is 38.9 Å². The fourth-order valence-corrected chi connectivity index (χ4v) is 1.62. The van der Waals surface area contributed by atoms with Crippen molar-refractivity contribution in [2.45, 2.75) is 39.4 Å². The standard InChI is InChI=1S/C14H22FNO/c1-4-11(3)17-14(10-16-5-2)12-8-6-7-9-13(12)15/h6-9,11,14,16H,4-5,10H2,1-3H3. The van der Waals surface area contributed by atoms with Crippen molar-refractivity contribution in [3.63, 3.8) is 0 Å². The van der Waals surface area contributed by atoms with Gasteiger partial charge in [0.15, 0.2) is 0 Å². The molecule has 17 heavy (non-hydrogen) atoms. The average molecular weight is 239 g/mol. The van der Waals surface area contributed by atoms with E-state index >= 15 is 0 Å². The minimum absolute atomic E-state index is 0.137. The van der Waals surface area contributed by atoms with Gasteiger partial charge >= 0.3 is 0 Å². The maximum absolute atomic E-state index is 13.7. The third-order valence-corrected chi connectivity index (χ3v) is 2.80. The van der Waals surface area contributed by atoms with Crippen LogP contribution in [0.4, 0.5) is 4.39 Å². The van der Waals surface area contributed by atoms with E-state index in [4.69, 9.17) is 4.74 Å². The Morgan fingerprint density at radius 3 is 2.59 bits per heavy atom. The second-order valence-electron chi connectivity index (χ2n) is 4.17. The van der Waals surface area contributed by atoms with E-state index in [1.807, 2.05) is 19.9 Å². The van der Waals surface area contributed by atoms with Gasteiger partial charge in [0.1, 0.15) is 5.82 Å². The highest BCUT2D eigenvalue weighted by Crippen LogP contribution is 2.22. The molecular formula is C14H22FNO. The summed E-state index contributed by atoms with van der Waals surface area (Å²) in [6.45, 7) is 7.61. The van der Waals surface area contributed by atoms with Gasteiger partial charge in [0.05, 0.1) is 12.2 Å². The summed E-state index contributed by atoms with van der Waals surface area (Å²) < 4.78 is 19.6. The summed E-state index contributed by atoms with van der Waals surface area (Å²) >= 11 is 0. The van der Waals surface area contributed by atoms with Gasteiger partial charge < -0.3 is 10.1 Å². The predicted octanol–water partition coefficient (Wildman–Crippen LogP) is 3.29. The van der Waals surface area contributed by atoms with Crippen molar-refractivity contribution in [1.82, 2.24) is 5.32 Å². The highest BCUT2D eigenvalue weighted by molar-refractivity contribution is 5.20. The number of likely N-dealkylation sites (N-methyl/N-ethyl adjacent to an activating group) is 1. The van der Waals surface area contributed by atoms with Crippen molar-refractivity contribution in [2.24, 2.45) is 0 Å². The lowest BCUT2D eigenvalue weighted by molar-refractivity contribution is -0.00599. The van der Waals surface area contributed by atoms with Crippen LogP contribution >= 0.6 is 0 Å². The van der Waals surface area contributed by atoms with Crippen LogP contribution in [0.25, 0.3) is 0 Å². The Morgan fingerprint density at radius 2 is 2.00 bits per heavy atom. The molecule has 3 heteroatoms. The summed E-state index contributed by atoms with van der Waals surface area (Å²) in [4.78, 5) is 0. The van der Waals surface area contributed by atoms with Crippen molar-refractivity contribution in [3.05, 3.63) is 35.6 Å². The molecule has 1 aromatic carbocycles. The summed E-state index contributed by atoms with van der Waals surface area (Å²) in [6.07, 6.45) is 0.848. The summed E-state index contributed by atoms with van der Waals surface area (Å²) in [7, 11) is 0. The molecule has 0 bridgehead atoms. The molecule has 1 N–H and O–H groups in total. The topological polar surface area (TPSA) is 21.3 Å². The van der Waals surface area contributed by atoms with E-state index in [9.17, 15) is 4.39 Å². The molecule has 0 saturated heterocycles. The molecule has 96 valence electrons. The van der Waals surface area contributed by atoms with Crippen LogP contribution in [0.3, 0.4) is 0 Å². The maximum Gasteiger partial charge on any atom is 0.129 e.